The smallest absolute Gasteiger partial charge is 0.335 e. The summed E-state index contributed by atoms with van der Waals surface area (Å²) in [5.74, 6) is -2.15. The maximum absolute atomic E-state index is 10.8. The van der Waals surface area contributed by atoms with Crippen molar-refractivity contribution in [3.63, 3.8) is 0 Å². The third kappa shape index (κ3) is 3.61. The lowest BCUT2D eigenvalue weighted by Crippen LogP contribution is -2.00. The number of carbonyl (C=O) groups is 2. The molecule has 0 unspecified atom stereocenters. The van der Waals surface area contributed by atoms with Gasteiger partial charge < -0.3 is 10.2 Å². The molecule has 2 rings (SSSR count). The van der Waals surface area contributed by atoms with Crippen molar-refractivity contribution in [3.05, 3.63) is 47.8 Å². The Hall–Kier alpha value is -2.76. The molecule has 0 aromatic carbocycles. The summed E-state index contributed by atoms with van der Waals surface area (Å²) in [4.78, 5) is 29.6. The summed E-state index contributed by atoms with van der Waals surface area (Å²) < 4.78 is 0. The number of hydrogen-bond acceptors (Lipinski definition) is 4. The first-order valence-electron chi connectivity index (χ1n) is 5.97. The highest BCUT2D eigenvalue weighted by molar-refractivity contribution is 5.90. The SMILES string of the molecule is CC.O=C(O)c1ccnc(-c2cc(C(=O)O)ccn2)c1. The van der Waals surface area contributed by atoms with E-state index in [1.165, 1.54) is 36.7 Å². The Morgan fingerprint density at radius 2 is 1.20 bits per heavy atom. The predicted octanol–water partition coefficient (Wildman–Crippen LogP) is 2.57. The molecule has 0 aliphatic heterocycles. The van der Waals surface area contributed by atoms with E-state index in [4.69, 9.17) is 10.2 Å². The fourth-order valence-electron chi connectivity index (χ4n) is 1.41. The Bertz CT molecular complexity index is 571. The van der Waals surface area contributed by atoms with Crippen molar-refractivity contribution in [2.45, 2.75) is 13.8 Å². The van der Waals surface area contributed by atoms with Crippen LogP contribution in [-0.4, -0.2) is 32.1 Å². The van der Waals surface area contributed by atoms with Crippen molar-refractivity contribution < 1.29 is 19.8 Å². The first-order chi connectivity index (χ1) is 9.58. The fourth-order valence-corrected chi connectivity index (χ4v) is 1.41. The van der Waals surface area contributed by atoms with Crippen LogP contribution in [0.15, 0.2) is 36.7 Å². The van der Waals surface area contributed by atoms with Crippen molar-refractivity contribution in [2.24, 2.45) is 0 Å². The van der Waals surface area contributed by atoms with Gasteiger partial charge in [-0.3, -0.25) is 9.97 Å². The van der Waals surface area contributed by atoms with Crippen molar-refractivity contribution in [3.8, 4) is 11.4 Å². The minimum absolute atomic E-state index is 0.0718. The molecule has 0 spiro atoms. The van der Waals surface area contributed by atoms with Gasteiger partial charge in [0, 0.05) is 12.4 Å². The topological polar surface area (TPSA) is 100 Å². The summed E-state index contributed by atoms with van der Waals surface area (Å²) >= 11 is 0. The first-order valence-corrected chi connectivity index (χ1v) is 5.97. The van der Waals surface area contributed by atoms with Crippen molar-refractivity contribution in [1.29, 1.82) is 0 Å². The minimum Gasteiger partial charge on any atom is -0.478 e. The minimum atomic E-state index is -1.08. The molecule has 6 heteroatoms. The number of aromatic nitrogens is 2. The molecule has 0 saturated carbocycles. The third-order valence-corrected chi connectivity index (χ3v) is 2.28. The number of aromatic carboxylic acids is 2. The molecule has 6 nitrogen and oxygen atoms in total. The van der Waals surface area contributed by atoms with E-state index in [0.29, 0.717) is 11.4 Å². The lowest BCUT2D eigenvalue weighted by Gasteiger charge is -2.02. The van der Waals surface area contributed by atoms with E-state index >= 15 is 0 Å². The van der Waals surface area contributed by atoms with Gasteiger partial charge in [-0.15, -0.1) is 0 Å². The monoisotopic (exact) mass is 274 g/mol. The summed E-state index contributed by atoms with van der Waals surface area (Å²) in [6.07, 6.45) is 2.68. The molecule has 2 heterocycles. The van der Waals surface area contributed by atoms with Gasteiger partial charge in [0.25, 0.3) is 0 Å². The number of carboxylic acid groups (broad SMARTS) is 2. The zero-order chi connectivity index (χ0) is 15.1. The van der Waals surface area contributed by atoms with Gasteiger partial charge in [0.15, 0.2) is 0 Å². The molecule has 0 bridgehead atoms. The lowest BCUT2D eigenvalue weighted by atomic mass is 10.1. The number of nitrogens with zero attached hydrogens (tertiary/aromatic N) is 2. The molecule has 2 N–H and O–H groups in total. The van der Waals surface area contributed by atoms with Gasteiger partial charge in [-0.05, 0) is 24.3 Å². The Balaban J connectivity index is 0.000000956. The van der Waals surface area contributed by atoms with Gasteiger partial charge in [0.2, 0.25) is 0 Å². The summed E-state index contributed by atoms with van der Waals surface area (Å²) in [6, 6.07) is 5.40. The van der Waals surface area contributed by atoms with Crippen LogP contribution in [0.2, 0.25) is 0 Å². The summed E-state index contributed by atoms with van der Waals surface area (Å²) in [7, 11) is 0. The van der Waals surface area contributed by atoms with Crippen molar-refractivity contribution in [2.75, 3.05) is 0 Å². The second kappa shape index (κ2) is 6.98. The highest BCUT2D eigenvalue weighted by Crippen LogP contribution is 2.16. The second-order valence-electron chi connectivity index (χ2n) is 3.47. The van der Waals surface area contributed by atoms with Crippen LogP contribution in [-0.2, 0) is 0 Å². The number of carboxylic acids is 2. The molecular weight excluding hydrogens is 260 g/mol. The Morgan fingerprint density at radius 3 is 1.50 bits per heavy atom. The van der Waals surface area contributed by atoms with Gasteiger partial charge in [-0.2, -0.15) is 0 Å². The van der Waals surface area contributed by atoms with Crippen LogP contribution in [0.1, 0.15) is 34.6 Å². The maximum atomic E-state index is 10.8. The van der Waals surface area contributed by atoms with E-state index in [1.54, 1.807) is 0 Å². The van der Waals surface area contributed by atoms with Crippen molar-refractivity contribution >= 4 is 11.9 Å². The van der Waals surface area contributed by atoms with E-state index in [1.807, 2.05) is 13.8 Å². The molecule has 0 radical (unpaired) electrons. The van der Waals surface area contributed by atoms with Gasteiger partial charge in [-0.1, -0.05) is 13.8 Å². The Labute approximate surface area is 115 Å². The lowest BCUT2D eigenvalue weighted by molar-refractivity contribution is 0.0686. The maximum Gasteiger partial charge on any atom is 0.335 e. The quantitative estimate of drug-likeness (QED) is 0.892. The Kier molecular flexibility index (Phi) is 5.34. The molecule has 104 valence electrons. The first kappa shape index (κ1) is 15.3. The Morgan fingerprint density at radius 1 is 0.850 bits per heavy atom. The van der Waals surface area contributed by atoms with Gasteiger partial charge in [0.1, 0.15) is 0 Å². The van der Waals surface area contributed by atoms with E-state index in [-0.39, 0.29) is 11.1 Å². The second-order valence-corrected chi connectivity index (χ2v) is 3.47. The highest BCUT2D eigenvalue weighted by Gasteiger charge is 2.09. The third-order valence-electron chi connectivity index (χ3n) is 2.28. The molecule has 0 amide bonds. The van der Waals surface area contributed by atoms with Crippen LogP contribution < -0.4 is 0 Å². The fraction of sp³-hybridized carbons (Fsp3) is 0.143. The van der Waals surface area contributed by atoms with E-state index in [0.717, 1.165) is 0 Å². The molecule has 2 aromatic heterocycles. The molecule has 0 fully saturated rings. The molecule has 0 saturated heterocycles. The van der Waals surface area contributed by atoms with Crippen LogP contribution in [0.5, 0.6) is 0 Å². The molecular formula is C14H14N2O4. The zero-order valence-corrected chi connectivity index (χ0v) is 11.1. The molecule has 0 aliphatic carbocycles. The van der Waals surface area contributed by atoms with E-state index in [2.05, 4.69) is 9.97 Å². The molecule has 20 heavy (non-hydrogen) atoms. The van der Waals surface area contributed by atoms with Crippen LogP contribution in [0.4, 0.5) is 0 Å². The van der Waals surface area contributed by atoms with E-state index in [9.17, 15) is 9.59 Å². The van der Waals surface area contributed by atoms with Crippen LogP contribution in [0, 0.1) is 0 Å². The standard InChI is InChI=1S/C12H8N2O4.C2H6/c15-11(16)7-1-3-13-9(5-7)10-6-8(12(17)18)2-4-14-10;1-2/h1-6H,(H,15,16)(H,17,18);1-2H3. The summed E-state index contributed by atoms with van der Waals surface area (Å²) in [5.41, 5.74) is 0.779. The van der Waals surface area contributed by atoms with Crippen molar-refractivity contribution in [1.82, 2.24) is 9.97 Å². The molecule has 0 atom stereocenters. The predicted molar refractivity (Wildman–Crippen MR) is 72.7 cm³/mol. The van der Waals surface area contributed by atoms with Crippen LogP contribution in [0.3, 0.4) is 0 Å². The van der Waals surface area contributed by atoms with Gasteiger partial charge in [0.05, 0.1) is 22.5 Å². The van der Waals surface area contributed by atoms with Gasteiger partial charge in [-0.25, -0.2) is 9.59 Å². The summed E-state index contributed by atoms with van der Waals surface area (Å²) in [6.45, 7) is 4.00. The average Bonchev–Trinajstić information content (AvgIpc) is 2.49. The number of pyridine rings is 2. The van der Waals surface area contributed by atoms with Crippen LogP contribution in [0.25, 0.3) is 11.4 Å². The molecule has 0 aliphatic rings. The number of rotatable bonds is 3. The van der Waals surface area contributed by atoms with Gasteiger partial charge >= 0.3 is 11.9 Å². The zero-order valence-electron chi connectivity index (χ0n) is 11.1. The molecule has 2 aromatic rings. The summed E-state index contributed by atoms with van der Waals surface area (Å²) in [5, 5.41) is 17.7. The van der Waals surface area contributed by atoms with Crippen LogP contribution >= 0.6 is 0 Å². The largest absolute Gasteiger partial charge is 0.478 e. The highest BCUT2D eigenvalue weighted by atomic mass is 16.4. The van der Waals surface area contributed by atoms with E-state index < -0.39 is 11.9 Å². The number of hydrogen-bond donors (Lipinski definition) is 2. The normalized spacial score (nSPS) is 9.30. The average molecular weight is 274 g/mol.